The molecule has 0 radical (unpaired) electrons. The van der Waals surface area contributed by atoms with Gasteiger partial charge in [0.2, 0.25) is 5.91 Å². The number of hydrogen-bond acceptors (Lipinski definition) is 7. The van der Waals surface area contributed by atoms with Crippen LogP contribution in [0.3, 0.4) is 0 Å². The highest BCUT2D eigenvalue weighted by atomic mass is 16.5. The van der Waals surface area contributed by atoms with Crippen molar-refractivity contribution in [2.24, 2.45) is 17.8 Å². The van der Waals surface area contributed by atoms with E-state index in [1.807, 2.05) is 32.9 Å². The molecular weight excluding hydrogens is 498 g/mol. The standard InChI is InChI=1S/C31H37NO7/c1-6-19-8-7-9-20(12-16(2)3)39-30(37)18(5)14-22-29(36)32-25-15-24(34)26-21(31(22,25)38)13-17(4)28(35)27(26)23(33)11-10-19/h7-8,13-16,19-20,22,35,38H,6,9-12H2,1-5H3,(H,32,36)/b8-7+,18-14+/t19-,20+,22+,31-/m0/s1. The molecule has 1 aromatic carbocycles. The van der Waals surface area contributed by atoms with Crippen molar-refractivity contribution in [1.29, 1.82) is 0 Å². The van der Waals surface area contributed by atoms with Crippen LogP contribution in [0, 0.1) is 24.7 Å². The maximum atomic E-state index is 13.5. The van der Waals surface area contributed by atoms with Gasteiger partial charge in [-0.05, 0) is 56.6 Å². The van der Waals surface area contributed by atoms with Crippen molar-refractivity contribution in [1.82, 2.24) is 5.32 Å². The molecule has 0 aromatic heterocycles. The van der Waals surface area contributed by atoms with E-state index in [0.29, 0.717) is 24.8 Å². The SMILES string of the molecule is CC[C@H]1/C=C/C[C@H](CC(C)C)OC(=O)/C(C)=C/[C@@H]2C(=O)NC3=CC(=O)c4c(cc(C)c(O)c4C(=O)CC1)[C@@]32O. The molecular formula is C31H37NO7. The van der Waals surface area contributed by atoms with Crippen LogP contribution in [0.25, 0.3) is 0 Å². The molecule has 4 rings (SSSR count). The number of esters is 1. The number of carbonyl (C=O) groups is 4. The first-order valence-electron chi connectivity index (χ1n) is 13.6. The molecule has 1 aliphatic carbocycles. The van der Waals surface area contributed by atoms with Gasteiger partial charge in [-0.1, -0.05) is 39.0 Å². The van der Waals surface area contributed by atoms with Gasteiger partial charge in [0.05, 0.1) is 17.2 Å². The molecule has 1 saturated heterocycles. The third-order valence-corrected chi connectivity index (χ3v) is 7.92. The number of aryl methyl sites for hydroxylation is 1. The Kier molecular flexibility index (Phi) is 7.98. The average Bonchev–Trinajstić information content (AvgIpc) is 3.10. The number of aromatic hydroxyl groups is 1. The Bertz CT molecular complexity index is 1320. The van der Waals surface area contributed by atoms with Crippen molar-refractivity contribution in [3.05, 3.63) is 63.9 Å². The van der Waals surface area contributed by atoms with Crippen LogP contribution in [0.1, 0.15) is 91.6 Å². The predicted octanol–water partition coefficient (Wildman–Crippen LogP) is 4.57. The number of Topliss-reactive ketones (excluding diaryl/α,β-unsaturated/α-hetero) is 1. The normalized spacial score (nSPS) is 29.8. The van der Waals surface area contributed by atoms with Crippen LogP contribution in [-0.2, 0) is 19.9 Å². The van der Waals surface area contributed by atoms with Crippen LogP contribution in [-0.4, -0.2) is 39.8 Å². The lowest BCUT2D eigenvalue weighted by Crippen LogP contribution is -2.39. The molecule has 1 amide bonds. The Hall–Kier alpha value is -3.52. The van der Waals surface area contributed by atoms with Gasteiger partial charge >= 0.3 is 5.97 Å². The Morgan fingerprint density at radius 1 is 1.15 bits per heavy atom. The number of ketones is 2. The van der Waals surface area contributed by atoms with E-state index < -0.39 is 35.0 Å². The van der Waals surface area contributed by atoms with Gasteiger partial charge in [-0.2, -0.15) is 0 Å². The summed E-state index contributed by atoms with van der Waals surface area (Å²) < 4.78 is 5.83. The zero-order valence-electron chi connectivity index (χ0n) is 23.2. The number of cyclic esters (lactones) is 1. The minimum atomic E-state index is -2.03. The van der Waals surface area contributed by atoms with Crippen LogP contribution in [0.15, 0.2) is 41.6 Å². The lowest BCUT2D eigenvalue weighted by molar-refractivity contribution is -0.144. The van der Waals surface area contributed by atoms with Crippen molar-refractivity contribution in [3.63, 3.8) is 0 Å². The summed E-state index contributed by atoms with van der Waals surface area (Å²) >= 11 is 0. The molecule has 3 aliphatic rings. The van der Waals surface area contributed by atoms with Crippen LogP contribution < -0.4 is 5.32 Å². The third kappa shape index (κ3) is 5.22. The van der Waals surface area contributed by atoms with E-state index in [1.165, 1.54) is 19.1 Å². The number of benzene rings is 1. The summed E-state index contributed by atoms with van der Waals surface area (Å²) in [4.78, 5) is 53.0. The summed E-state index contributed by atoms with van der Waals surface area (Å²) in [6.07, 6.45) is 8.57. The molecule has 2 aliphatic heterocycles. The number of carbonyl (C=O) groups excluding carboxylic acids is 4. The van der Waals surface area contributed by atoms with Gasteiger partial charge in [0, 0.05) is 35.6 Å². The van der Waals surface area contributed by atoms with Crippen molar-refractivity contribution < 1.29 is 34.1 Å². The van der Waals surface area contributed by atoms with Crippen LogP contribution in [0.4, 0.5) is 0 Å². The Morgan fingerprint density at radius 3 is 2.54 bits per heavy atom. The molecule has 1 aromatic rings. The van der Waals surface area contributed by atoms with Crippen molar-refractivity contribution in [3.8, 4) is 5.75 Å². The smallest absolute Gasteiger partial charge is 0.333 e. The highest BCUT2D eigenvalue weighted by Crippen LogP contribution is 2.49. The number of hydrogen-bond donors (Lipinski definition) is 3. The lowest BCUT2D eigenvalue weighted by atomic mass is 9.72. The molecule has 39 heavy (non-hydrogen) atoms. The number of ether oxygens (including phenoxy) is 1. The average molecular weight is 536 g/mol. The van der Waals surface area contributed by atoms with E-state index in [4.69, 9.17) is 4.74 Å². The summed E-state index contributed by atoms with van der Waals surface area (Å²) in [5, 5.41) is 25.6. The monoisotopic (exact) mass is 535 g/mol. The molecule has 1 fully saturated rings. The highest BCUT2D eigenvalue weighted by molar-refractivity contribution is 6.17. The summed E-state index contributed by atoms with van der Waals surface area (Å²) in [7, 11) is 0. The molecule has 208 valence electrons. The highest BCUT2D eigenvalue weighted by Gasteiger charge is 2.55. The molecule has 4 bridgehead atoms. The minimum Gasteiger partial charge on any atom is -0.507 e. The molecule has 8 heteroatoms. The second-order valence-corrected chi connectivity index (χ2v) is 11.3. The fourth-order valence-corrected chi connectivity index (χ4v) is 5.74. The molecule has 2 heterocycles. The molecule has 4 atom stereocenters. The largest absolute Gasteiger partial charge is 0.507 e. The second-order valence-electron chi connectivity index (χ2n) is 11.3. The fraction of sp³-hybridized carbons (Fsp3) is 0.484. The number of phenols is 1. The first kappa shape index (κ1) is 28.5. The number of amides is 1. The van der Waals surface area contributed by atoms with Crippen molar-refractivity contribution in [2.45, 2.75) is 78.4 Å². The van der Waals surface area contributed by atoms with Gasteiger partial charge in [0.1, 0.15) is 17.5 Å². The van der Waals surface area contributed by atoms with E-state index in [-0.39, 0.29) is 58.1 Å². The van der Waals surface area contributed by atoms with Gasteiger partial charge in [0.15, 0.2) is 11.6 Å². The topological polar surface area (TPSA) is 130 Å². The second kappa shape index (κ2) is 10.9. The zero-order valence-corrected chi connectivity index (χ0v) is 23.2. The van der Waals surface area contributed by atoms with E-state index in [9.17, 15) is 29.4 Å². The number of allylic oxidation sites excluding steroid dienone is 2. The van der Waals surface area contributed by atoms with Crippen LogP contribution >= 0.6 is 0 Å². The summed E-state index contributed by atoms with van der Waals surface area (Å²) in [6.45, 7) is 9.20. The Morgan fingerprint density at radius 2 is 1.87 bits per heavy atom. The minimum absolute atomic E-state index is 0.0262. The van der Waals surface area contributed by atoms with Crippen molar-refractivity contribution in [2.75, 3.05) is 0 Å². The van der Waals surface area contributed by atoms with Gasteiger partial charge in [-0.15, -0.1) is 0 Å². The lowest BCUT2D eigenvalue weighted by Gasteiger charge is -2.34. The molecule has 0 unspecified atom stereocenters. The molecule has 0 saturated carbocycles. The summed E-state index contributed by atoms with van der Waals surface area (Å²) in [5.41, 5.74) is -1.83. The van der Waals surface area contributed by atoms with Crippen LogP contribution in [0.2, 0.25) is 0 Å². The Labute approximate surface area is 228 Å². The van der Waals surface area contributed by atoms with Gasteiger partial charge in [0.25, 0.3) is 0 Å². The van der Waals surface area contributed by atoms with E-state index >= 15 is 0 Å². The number of nitrogens with one attached hydrogen (secondary N) is 1. The predicted molar refractivity (Wildman–Crippen MR) is 145 cm³/mol. The fourth-order valence-electron chi connectivity index (χ4n) is 5.74. The number of aliphatic hydroxyl groups is 1. The molecule has 0 spiro atoms. The maximum absolute atomic E-state index is 13.5. The summed E-state index contributed by atoms with van der Waals surface area (Å²) in [6, 6.07) is 1.44. The molecule has 3 N–H and O–H groups in total. The van der Waals surface area contributed by atoms with E-state index in [0.717, 1.165) is 12.5 Å². The first-order valence-corrected chi connectivity index (χ1v) is 13.6. The quantitative estimate of drug-likeness (QED) is 0.382. The van der Waals surface area contributed by atoms with Crippen LogP contribution in [0.5, 0.6) is 5.75 Å². The first-order chi connectivity index (χ1) is 18.4. The van der Waals surface area contributed by atoms with Gasteiger partial charge in [-0.25, -0.2) is 4.79 Å². The van der Waals surface area contributed by atoms with Gasteiger partial charge < -0.3 is 20.3 Å². The Balaban J connectivity index is 1.91. The molecule has 8 nitrogen and oxygen atoms in total. The van der Waals surface area contributed by atoms with E-state index in [2.05, 4.69) is 5.32 Å². The number of phenolic OH excluding ortho intramolecular Hbond substituents is 1. The third-order valence-electron chi connectivity index (χ3n) is 7.92. The number of rotatable bonds is 3. The van der Waals surface area contributed by atoms with Crippen molar-refractivity contribution >= 4 is 23.4 Å². The maximum Gasteiger partial charge on any atom is 0.333 e. The zero-order chi connectivity index (χ0) is 28.6. The van der Waals surface area contributed by atoms with Gasteiger partial charge in [-0.3, -0.25) is 14.4 Å². The summed E-state index contributed by atoms with van der Waals surface area (Å²) in [5.74, 6) is -3.42. The van der Waals surface area contributed by atoms with E-state index in [1.54, 1.807) is 6.92 Å².